The minimum Gasteiger partial charge on any atom is -0.229 e. The molecule has 0 saturated carbocycles. The molecule has 2 rings (SSSR count). The van der Waals surface area contributed by atoms with E-state index in [2.05, 4.69) is 0 Å². The van der Waals surface area contributed by atoms with E-state index in [0.717, 1.165) is 11.1 Å². The van der Waals surface area contributed by atoms with Crippen molar-refractivity contribution in [3.8, 4) is 0 Å². The van der Waals surface area contributed by atoms with Crippen molar-refractivity contribution in [2.24, 2.45) is 0 Å². The van der Waals surface area contributed by atoms with Crippen molar-refractivity contribution in [2.75, 3.05) is 18.1 Å². The minimum atomic E-state index is -3.70. The first-order valence-electron chi connectivity index (χ1n) is 7.88. The molecule has 5 nitrogen and oxygen atoms in total. The normalized spacial score (nSPS) is 21.0. The maximum atomic E-state index is 13.1. The van der Waals surface area contributed by atoms with Crippen molar-refractivity contribution < 1.29 is 16.8 Å². The van der Waals surface area contributed by atoms with Crippen LogP contribution in [0.5, 0.6) is 0 Å². The monoisotopic (exact) mass is 359 g/mol. The van der Waals surface area contributed by atoms with E-state index in [9.17, 15) is 16.8 Å². The molecule has 1 aliphatic rings. The van der Waals surface area contributed by atoms with E-state index < -0.39 is 25.9 Å². The van der Waals surface area contributed by atoms with E-state index in [1.165, 1.54) is 4.31 Å². The number of hydrogen-bond acceptors (Lipinski definition) is 4. The Hall–Kier alpha value is -0.920. The van der Waals surface area contributed by atoms with E-state index in [1.54, 1.807) is 13.0 Å². The molecule has 1 atom stereocenters. The number of benzene rings is 1. The van der Waals surface area contributed by atoms with Crippen LogP contribution >= 0.6 is 0 Å². The lowest BCUT2D eigenvalue weighted by Crippen LogP contribution is -2.41. The topological polar surface area (TPSA) is 71.5 Å². The molecule has 1 aromatic rings. The van der Waals surface area contributed by atoms with Crippen LogP contribution in [0.15, 0.2) is 17.0 Å². The van der Waals surface area contributed by atoms with E-state index in [1.807, 2.05) is 26.8 Å². The summed E-state index contributed by atoms with van der Waals surface area (Å²) < 4.78 is 51.2. The van der Waals surface area contributed by atoms with Gasteiger partial charge in [0.25, 0.3) is 0 Å². The molecule has 130 valence electrons. The second-order valence-corrected chi connectivity index (χ2v) is 10.5. The highest BCUT2D eigenvalue weighted by atomic mass is 32.2. The van der Waals surface area contributed by atoms with Gasteiger partial charge >= 0.3 is 0 Å². The molecule has 0 N–H and O–H groups in total. The van der Waals surface area contributed by atoms with Crippen LogP contribution in [0.25, 0.3) is 0 Å². The lowest BCUT2D eigenvalue weighted by atomic mass is 10.1. The van der Waals surface area contributed by atoms with Crippen LogP contribution < -0.4 is 0 Å². The van der Waals surface area contributed by atoms with Gasteiger partial charge in [-0.05, 0) is 56.4 Å². The zero-order valence-corrected chi connectivity index (χ0v) is 15.8. The molecule has 1 saturated heterocycles. The summed E-state index contributed by atoms with van der Waals surface area (Å²) in [6.07, 6.45) is 1.03. The van der Waals surface area contributed by atoms with Crippen molar-refractivity contribution in [3.63, 3.8) is 0 Å². The van der Waals surface area contributed by atoms with Crippen LogP contribution in [-0.4, -0.2) is 45.2 Å². The number of rotatable bonds is 5. The first-order valence-corrected chi connectivity index (χ1v) is 11.1. The van der Waals surface area contributed by atoms with Crippen molar-refractivity contribution >= 4 is 19.9 Å². The maximum Gasteiger partial charge on any atom is 0.243 e. The molecule has 0 radical (unpaired) electrons. The summed E-state index contributed by atoms with van der Waals surface area (Å²) in [5.74, 6) is -0.00453. The quantitative estimate of drug-likeness (QED) is 0.808. The first kappa shape index (κ1) is 18.4. The highest BCUT2D eigenvalue weighted by Gasteiger charge is 2.38. The van der Waals surface area contributed by atoms with Gasteiger partial charge in [-0.25, -0.2) is 16.8 Å². The summed E-state index contributed by atoms with van der Waals surface area (Å²) in [4.78, 5) is 0.290. The van der Waals surface area contributed by atoms with Crippen LogP contribution in [0.3, 0.4) is 0 Å². The predicted octanol–water partition coefficient (Wildman–Crippen LogP) is 2.20. The Bertz CT molecular complexity index is 798. The van der Waals surface area contributed by atoms with E-state index >= 15 is 0 Å². The lowest BCUT2D eigenvalue weighted by molar-refractivity contribution is 0.340. The zero-order chi connectivity index (χ0) is 17.4. The molecule has 23 heavy (non-hydrogen) atoms. The van der Waals surface area contributed by atoms with Crippen molar-refractivity contribution in [2.45, 2.75) is 51.5 Å². The molecule has 0 spiro atoms. The van der Waals surface area contributed by atoms with Crippen molar-refractivity contribution in [3.05, 3.63) is 28.8 Å². The molecule has 0 bridgehead atoms. The predicted molar refractivity (Wildman–Crippen MR) is 91.9 cm³/mol. The fourth-order valence-electron chi connectivity index (χ4n) is 3.06. The van der Waals surface area contributed by atoms with Crippen LogP contribution in [0, 0.1) is 20.8 Å². The largest absolute Gasteiger partial charge is 0.243 e. The number of sulfone groups is 1. The Morgan fingerprint density at radius 1 is 1.13 bits per heavy atom. The SMILES string of the molecule is CCCN([C@H]1CCS(=O)(=O)C1)S(=O)(=O)c1cc(C)c(C)cc1C. The third kappa shape index (κ3) is 3.78. The molecule has 1 fully saturated rings. The van der Waals surface area contributed by atoms with Crippen molar-refractivity contribution in [1.29, 1.82) is 0 Å². The molecular weight excluding hydrogens is 334 g/mol. The number of sulfonamides is 1. The van der Waals surface area contributed by atoms with Crippen LogP contribution in [0.1, 0.15) is 36.5 Å². The van der Waals surface area contributed by atoms with Gasteiger partial charge < -0.3 is 0 Å². The number of hydrogen-bond donors (Lipinski definition) is 0. The highest BCUT2D eigenvalue weighted by molar-refractivity contribution is 7.92. The molecule has 0 unspecified atom stereocenters. The summed E-state index contributed by atoms with van der Waals surface area (Å²) in [6, 6.07) is 3.12. The minimum absolute atomic E-state index is 0.0688. The van der Waals surface area contributed by atoms with Gasteiger partial charge in [0, 0.05) is 12.6 Å². The lowest BCUT2D eigenvalue weighted by Gasteiger charge is -2.28. The Kier molecular flexibility index (Phi) is 5.23. The summed E-state index contributed by atoms with van der Waals surface area (Å²) in [7, 11) is -6.83. The molecule has 0 aromatic heterocycles. The summed E-state index contributed by atoms with van der Waals surface area (Å²) >= 11 is 0. The van der Waals surface area contributed by atoms with Crippen LogP contribution in [0.2, 0.25) is 0 Å². The maximum absolute atomic E-state index is 13.1. The average molecular weight is 360 g/mol. The van der Waals surface area contributed by atoms with Crippen molar-refractivity contribution in [1.82, 2.24) is 4.31 Å². The van der Waals surface area contributed by atoms with Gasteiger partial charge in [0.15, 0.2) is 9.84 Å². The Morgan fingerprint density at radius 3 is 2.26 bits per heavy atom. The molecule has 1 aliphatic heterocycles. The summed E-state index contributed by atoms with van der Waals surface area (Å²) in [5, 5.41) is 0. The summed E-state index contributed by atoms with van der Waals surface area (Å²) in [5.41, 5.74) is 2.67. The van der Waals surface area contributed by atoms with Gasteiger partial charge in [-0.1, -0.05) is 13.0 Å². The van der Waals surface area contributed by atoms with E-state index in [0.29, 0.717) is 29.8 Å². The third-order valence-electron chi connectivity index (χ3n) is 4.44. The van der Waals surface area contributed by atoms with Gasteiger partial charge in [-0.2, -0.15) is 4.31 Å². The second-order valence-electron chi connectivity index (χ2n) is 6.37. The Morgan fingerprint density at radius 2 is 1.74 bits per heavy atom. The second kappa shape index (κ2) is 6.53. The molecule has 7 heteroatoms. The molecule has 0 aliphatic carbocycles. The Balaban J connectivity index is 2.48. The van der Waals surface area contributed by atoms with E-state index in [4.69, 9.17) is 0 Å². The van der Waals surface area contributed by atoms with Gasteiger partial charge in [0.1, 0.15) is 0 Å². The highest BCUT2D eigenvalue weighted by Crippen LogP contribution is 2.28. The van der Waals surface area contributed by atoms with Crippen LogP contribution in [-0.2, 0) is 19.9 Å². The number of aryl methyl sites for hydroxylation is 3. The van der Waals surface area contributed by atoms with Crippen LogP contribution in [0.4, 0.5) is 0 Å². The van der Waals surface area contributed by atoms with Gasteiger partial charge in [0.2, 0.25) is 10.0 Å². The fourth-order valence-corrected chi connectivity index (χ4v) is 6.92. The van der Waals surface area contributed by atoms with Gasteiger partial charge in [-0.15, -0.1) is 0 Å². The Labute approximate surface area is 139 Å². The standard InChI is InChI=1S/C16H25NO4S2/c1-5-7-17(15-6-8-22(18,19)11-15)23(20,21)16-10-13(3)12(2)9-14(16)4/h9-10,15H,5-8,11H2,1-4H3/t15-/m0/s1. The molecule has 1 heterocycles. The molecular formula is C16H25NO4S2. The molecule has 0 amide bonds. The third-order valence-corrected chi connectivity index (χ3v) is 8.28. The van der Waals surface area contributed by atoms with E-state index in [-0.39, 0.29) is 11.5 Å². The van der Waals surface area contributed by atoms with Gasteiger partial charge in [0.05, 0.1) is 16.4 Å². The summed E-state index contributed by atoms with van der Waals surface area (Å²) in [6.45, 7) is 7.87. The smallest absolute Gasteiger partial charge is 0.229 e. The first-order chi connectivity index (χ1) is 10.6. The average Bonchev–Trinajstić information content (AvgIpc) is 2.79. The fraction of sp³-hybridized carbons (Fsp3) is 0.625. The zero-order valence-electron chi connectivity index (χ0n) is 14.2. The number of nitrogens with zero attached hydrogens (tertiary/aromatic N) is 1. The van der Waals surface area contributed by atoms with Gasteiger partial charge in [-0.3, -0.25) is 0 Å². The molecule has 1 aromatic carbocycles.